The molecule has 0 aromatic carbocycles. The molecule has 0 aliphatic carbocycles. The van der Waals surface area contributed by atoms with E-state index >= 15 is 0 Å². The number of anilines is 1. The number of aromatic nitrogens is 4. The fourth-order valence-corrected chi connectivity index (χ4v) is 3.92. The molecule has 0 radical (unpaired) electrons. The highest BCUT2D eigenvalue weighted by Gasteiger charge is 2.22. The number of carbonyl (C=O) groups excluding carboxylic acids is 3. The van der Waals surface area contributed by atoms with Gasteiger partial charge in [0, 0.05) is 25.9 Å². The zero-order valence-corrected chi connectivity index (χ0v) is 23.2. The number of allylic oxidation sites excluding steroid dienone is 1. The molecule has 3 aromatic rings. The summed E-state index contributed by atoms with van der Waals surface area (Å²) in [6.45, 7) is 3.99. The predicted octanol–water partition coefficient (Wildman–Crippen LogP) is 2.59. The van der Waals surface area contributed by atoms with Gasteiger partial charge >= 0.3 is 6.09 Å². The van der Waals surface area contributed by atoms with Crippen LogP contribution < -0.4 is 16.2 Å². The van der Waals surface area contributed by atoms with Gasteiger partial charge in [0.05, 0.1) is 25.4 Å². The Labute approximate surface area is 230 Å². The SMILES string of the molecule is COC(=O)NC(CC/C=C/C(=O)N(C)C)C(=O)Nc1cccn(Cc2nc3ncc(F)c(CC(C)C)c3[nH]2)c1=O. The van der Waals surface area contributed by atoms with Gasteiger partial charge in [-0.3, -0.25) is 14.4 Å². The number of nitrogens with zero attached hydrogens (tertiary/aromatic N) is 4. The highest BCUT2D eigenvalue weighted by molar-refractivity contribution is 5.96. The zero-order valence-electron chi connectivity index (χ0n) is 23.2. The second-order valence-corrected chi connectivity index (χ2v) is 9.81. The van der Waals surface area contributed by atoms with Crippen LogP contribution in [-0.2, 0) is 27.3 Å². The summed E-state index contributed by atoms with van der Waals surface area (Å²) in [4.78, 5) is 62.6. The monoisotopic (exact) mass is 555 g/mol. The van der Waals surface area contributed by atoms with Gasteiger partial charge in [-0.05, 0) is 43.4 Å². The third-order valence-electron chi connectivity index (χ3n) is 5.95. The first-order chi connectivity index (χ1) is 19.0. The maximum Gasteiger partial charge on any atom is 0.407 e. The van der Waals surface area contributed by atoms with Crippen molar-refractivity contribution in [3.8, 4) is 0 Å². The number of carbonyl (C=O) groups is 3. The van der Waals surface area contributed by atoms with E-state index in [1.165, 1.54) is 34.9 Å². The van der Waals surface area contributed by atoms with E-state index in [4.69, 9.17) is 0 Å². The molecule has 13 heteroatoms. The lowest BCUT2D eigenvalue weighted by Crippen LogP contribution is -2.44. The Kier molecular flexibility index (Phi) is 10.1. The maximum atomic E-state index is 14.4. The average Bonchev–Trinajstić information content (AvgIpc) is 3.32. The summed E-state index contributed by atoms with van der Waals surface area (Å²) in [6.07, 6.45) is 5.78. The molecule has 1 atom stereocenters. The van der Waals surface area contributed by atoms with Crippen LogP contribution in [0.15, 0.2) is 41.5 Å². The van der Waals surface area contributed by atoms with Crippen molar-refractivity contribution in [3.05, 3.63) is 64.2 Å². The number of halogens is 1. The highest BCUT2D eigenvalue weighted by Crippen LogP contribution is 2.21. The number of hydrogen-bond acceptors (Lipinski definition) is 7. The largest absolute Gasteiger partial charge is 0.453 e. The first-order valence-electron chi connectivity index (χ1n) is 12.7. The van der Waals surface area contributed by atoms with Crippen LogP contribution in [0.25, 0.3) is 11.2 Å². The summed E-state index contributed by atoms with van der Waals surface area (Å²) >= 11 is 0. The van der Waals surface area contributed by atoms with Crippen molar-refractivity contribution in [2.75, 3.05) is 26.5 Å². The summed E-state index contributed by atoms with van der Waals surface area (Å²) in [5.41, 5.74) is 0.800. The smallest absolute Gasteiger partial charge is 0.407 e. The van der Waals surface area contributed by atoms with Crippen LogP contribution in [0.5, 0.6) is 0 Å². The molecule has 0 saturated carbocycles. The van der Waals surface area contributed by atoms with E-state index in [0.29, 0.717) is 35.4 Å². The number of methoxy groups -OCH3 is 1. The van der Waals surface area contributed by atoms with E-state index in [1.807, 2.05) is 13.8 Å². The quantitative estimate of drug-likeness (QED) is 0.308. The maximum absolute atomic E-state index is 14.4. The molecule has 3 amide bonds. The van der Waals surface area contributed by atoms with Gasteiger partial charge < -0.3 is 29.8 Å². The summed E-state index contributed by atoms with van der Waals surface area (Å²) in [5.74, 6) is -0.660. The van der Waals surface area contributed by atoms with Gasteiger partial charge in [-0.2, -0.15) is 0 Å². The minimum atomic E-state index is -1.03. The predicted molar refractivity (Wildman–Crippen MR) is 147 cm³/mol. The number of amides is 3. The summed E-state index contributed by atoms with van der Waals surface area (Å²) in [6, 6.07) is 1.99. The Morgan fingerprint density at radius 3 is 2.70 bits per heavy atom. The molecule has 3 aromatic heterocycles. The van der Waals surface area contributed by atoms with Gasteiger partial charge in [0.1, 0.15) is 23.4 Å². The number of H-pyrrole nitrogens is 1. The van der Waals surface area contributed by atoms with Crippen molar-refractivity contribution < 1.29 is 23.5 Å². The summed E-state index contributed by atoms with van der Waals surface area (Å²) < 4.78 is 20.4. The Bertz CT molecular complexity index is 1460. The minimum Gasteiger partial charge on any atom is -0.453 e. The second-order valence-electron chi connectivity index (χ2n) is 9.81. The van der Waals surface area contributed by atoms with E-state index in [9.17, 15) is 23.6 Å². The second kappa shape index (κ2) is 13.5. The van der Waals surface area contributed by atoms with Crippen molar-refractivity contribution in [2.45, 2.75) is 45.7 Å². The lowest BCUT2D eigenvalue weighted by atomic mass is 10.0. The molecule has 3 heterocycles. The molecule has 0 aliphatic rings. The minimum absolute atomic E-state index is 0.0109. The number of hydrogen-bond donors (Lipinski definition) is 3. The summed E-state index contributed by atoms with van der Waals surface area (Å²) in [7, 11) is 4.40. The molecule has 0 fully saturated rings. The van der Waals surface area contributed by atoms with E-state index in [2.05, 4.69) is 30.3 Å². The van der Waals surface area contributed by atoms with Gasteiger partial charge in [0.2, 0.25) is 11.8 Å². The topological polar surface area (TPSA) is 151 Å². The van der Waals surface area contributed by atoms with Crippen LogP contribution in [0.4, 0.5) is 14.9 Å². The van der Waals surface area contributed by atoms with Gasteiger partial charge in [-0.1, -0.05) is 19.9 Å². The standard InChI is InChI=1S/C27H34FN7O5/c1-16(2)13-17-18(28)14-29-24-23(17)32-21(33-24)15-35-12-8-10-20(26(35)38)30-25(37)19(31-27(39)40-5)9-6-7-11-22(36)34(3)4/h7-8,10-12,14,16,19H,6,9,13,15H2,1-5H3,(H,30,37)(H,31,39)(H,29,32,33)/b11-7+. The summed E-state index contributed by atoms with van der Waals surface area (Å²) in [5, 5.41) is 5.01. The van der Waals surface area contributed by atoms with Crippen molar-refractivity contribution in [1.82, 2.24) is 29.7 Å². The Morgan fingerprint density at radius 2 is 2.02 bits per heavy atom. The molecule has 40 heavy (non-hydrogen) atoms. The molecular weight excluding hydrogens is 521 g/mol. The van der Waals surface area contributed by atoms with Crippen LogP contribution in [0, 0.1) is 11.7 Å². The average molecular weight is 556 g/mol. The molecule has 0 aliphatic heterocycles. The van der Waals surface area contributed by atoms with Crippen LogP contribution in [0.2, 0.25) is 0 Å². The molecule has 12 nitrogen and oxygen atoms in total. The third-order valence-corrected chi connectivity index (χ3v) is 5.95. The Morgan fingerprint density at radius 1 is 1.27 bits per heavy atom. The first-order valence-corrected chi connectivity index (χ1v) is 12.7. The first kappa shape index (κ1) is 30.0. The molecule has 3 N–H and O–H groups in total. The van der Waals surface area contributed by atoms with Crippen molar-refractivity contribution in [3.63, 3.8) is 0 Å². The lowest BCUT2D eigenvalue weighted by molar-refractivity contribution is -0.123. The molecule has 3 rings (SSSR count). The normalized spacial score (nSPS) is 12.1. The van der Waals surface area contributed by atoms with Crippen LogP contribution in [0.3, 0.4) is 0 Å². The van der Waals surface area contributed by atoms with Gasteiger partial charge in [-0.25, -0.2) is 19.2 Å². The lowest BCUT2D eigenvalue weighted by Gasteiger charge is -2.17. The molecule has 0 spiro atoms. The van der Waals surface area contributed by atoms with E-state index in [-0.39, 0.29) is 30.5 Å². The number of pyridine rings is 2. The fraction of sp³-hybridized carbons (Fsp3) is 0.407. The van der Waals surface area contributed by atoms with Crippen LogP contribution in [0.1, 0.15) is 38.1 Å². The molecule has 0 saturated heterocycles. The van der Waals surface area contributed by atoms with Gasteiger partial charge in [-0.15, -0.1) is 0 Å². The molecule has 214 valence electrons. The van der Waals surface area contributed by atoms with E-state index in [1.54, 1.807) is 26.2 Å². The Hall–Kier alpha value is -4.55. The van der Waals surface area contributed by atoms with Gasteiger partial charge in [0.15, 0.2) is 5.65 Å². The molecular formula is C27H34FN7O5. The Balaban J connectivity index is 1.78. The van der Waals surface area contributed by atoms with Crippen molar-refractivity contribution >= 4 is 34.8 Å². The van der Waals surface area contributed by atoms with Crippen molar-refractivity contribution in [2.24, 2.45) is 5.92 Å². The molecule has 1 unspecified atom stereocenters. The van der Waals surface area contributed by atoms with E-state index < -0.39 is 29.4 Å². The third kappa shape index (κ3) is 7.74. The zero-order chi connectivity index (χ0) is 29.4. The highest BCUT2D eigenvalue weighted by atomic mass is 19.1. The molecule has 0 bridgehead atoms. The number of imidazole rings is 1. The number of aromatic amines is 1. The van der Waals surface area contributed by atoms with Gasteiger partial charge in [0.25, 0.3) is 5.56 Å². The number of nitrogens with one attached hydrogen (secondary N) is 3. The van der Waals surface area contributed by atoms with Crippen LogP contribution >= 0.6 is 0 Å². The van der Waals surface area contributed by atoms with E-state index in [0.717, 1.165) is 6.20 Å². The number of rotatable bonds is 11. The number of likely N-dealkylation sites (N-methyl/N-ethyl adjacent to an activating group) is 1. The number of fused-ring (bicyclic) bond motifs is 1. The number of ether oxygens (including phenoxy) is 1. The van der Waals surface area contributed by atoms with Crippen LogP contribution in [-0.4, -0.2) is 69.6 Å². The van der Waals surface area contributed by atoms with Crippen molar-refractivity contribution in [1.29, 1.82) is 0 Å². The fourth-order valence-electron chi connectivity index (χ4n) is 3.92. The number of alkyl carbamates (subject to hydrolysis) is 1.